The van der Waals surface area contributed by atoms with Crippen molar-refractivity contribution in [3.05, 3.63) is 41.3 Å². The highest BCUT2D eigenvalue weighted by Gasteiger charge is 2.25. The molecular weight excluding hydrogens is 388 g/mol. The highest BCUT2D eigenvalue weighted by Crippen LogP contribution is 2.25. The molecule has 1 aliphatic rings. The molecule has 0 spiro atoms. The quantitative estimate of drug-likeness (QED) is 0.528. The van der Waals surface area contributed by atoms with Crippen molar-refractivity contribution in [1.82, 2.24) is 30.3 Å². The normalized spacial score (nSPS) is 18.3. The van der Waals surface area contributed by atoms with E-state index in [4.69, 9.17) is 16.6 Å². The summed E-state index contributed by atoms with van der Waals surface area (Å²) in [5, 5.41) is 11.9. The van der Waals surface area contributed by atoms with Gasteiger partial charge in [0.1, 0.15) is 5.82 Å². The van der Waals surface area contributed by atoms with E-state index in [-0.39, 0.29) is 6.04 Å². The maximum Gasteiger partial charge on any atom is 0.191 e. The molecule has 1 saturated heterocycles. The van der Waals surface area contributed by atoms with Gasteiger partial charge in [-0.05, 0) is 39.6 Å². The molecular formula is C20H31ClN8. The van der Waals surface area contributed by atoms with Crippen LogP contribution in [0.3, 0.4) is 0 Å². The third-order valence-electron chi connectivity index (χ3n) is 5.07. The van der Waals surface area contributed by atoms with Crippen LogP contribution in [-0.2, 0) is 7.05 Å². The van der Waals surface area contributed by atoms with Crippen LogP contribution in [0.4, 0.5) is 5.82 Å². The second-order valence-corrected chi connectivity index (χ2v) is 7.94. The van der Waals surface area contributed by atoms with Crippen LogP contribution >= 0.6 is 11.6 Å². The van der Waals surface area contributed by atoms with E-state index in [9.17, 15) is 0 Å². The van der Waals surface area contributed by atoms with E-state index < -0.39 is 0 Å². The molecule has 0 bridgehead atoms. The third-order valence-corrected chi connectivity index (χ3v) is 5.36. The number of aryl methyl sites for hydroxylation is 1. The van der Waals surface area contributed by atoms with Gasteiger partial charge in [0.2, 0.25) is 0 Å². The standard InChI is InChI=1S/C20H31ClN8/c1-5-22-20(24-12-18(27(2)3)15-11-25-28(4)13-15)26-16-8-10-29(14-16)19-17(21)7-6-9-23-19/h6-7,9,11,13,16,18H,5,8,10,12,14H2,1-4H3,(H2,22,24,26). The molecule has 0 radical (unpaired) electrons. The molecule has 3 heterocycles. The molecule has 2 unspecified atom stereocenters. The lowest BCUT2D eigenvalue weighted by Gasteiger charge is -2.23. The first kappa shape index (κ1) is 21.4. The number of pyridine rings is 1. The maximum absolute atomic E-state index is 6.31. The predicted octanol–water partition coefficient (Wildman–Crippen LogP) is 1.91. The molecule has 1 aliphatic heterocycles. The molecule has 0 amide bonds. The van der Waals surface area contributed by atoms with Gasteiger partial charge in [0.15, 0.2) is 5.96 Å². The first-order valence-corrected chi connectivity index (χ1v) is 10.4. The molecule has 2 N–H and O–H groups in total. The van der Waals surface area contributed by atoms with E-state index >= 15 is 0 Å². The average molecular weight is 419 g/mol. The maximum atomic E-state index is 6.31. The van der Waals surface area contributed by atoms with E-state index in [1.807, 2.05) is 36.3 Å². The van der Waals surface area contributed by atoms with Crippen LogP contribution in [0, 0.1) is 0 Å². The number of hydrogen-bond donors (Lipinski definition) is 2. The Morgan fingerprint density at radius 2 is 2.28 bits per heavy atom. The van der Waals surface area contributed by atoms with Crippen molar-refractivity contribution in [3.63, 3.8) is 0 Å². The van der Waals surface area contributed by atoms with E-state index in [0.717, 1.165) is 43.4 Å². The summed E-state index contributed by atoms with van der Waals surface area (Å²) in [7, 11) is 6.07. The Hall–Kier alpha value is -2.32. The molecule has 0 aliphatic carbocycles. The van der Waals surface area contributed by atoms with Crippen molar-refractivity contribution < 1.29 is 0 Å². The van der Waals surface area contributed by atoms with Gasteiger partial charge in [0.05, 0.1) is 23.8 Å². The average Bonchev–Trinajstić information content (AvgIpc) is 3.31. The zero-order valence-electron chi connectivity index (χ0n) is 17.6. The molecule has 2 aromatic heterocycles. The van der Waals surface area contributed by atoms with Gasteiger partial charge in [-0.1, -0.05) is 11.6 Å². The topological polar surface area (TPSA) is 73.6 Å². The van der Waals surface area contributed by atoms with Gasteiger partial charge in [0.25, 0.3) is 0 Å². The minimum atomic E-state index is 0.173. The summed E-state index contributed by atoms with van der Waals surface area (Å²) in [4.78, 5) is 13.7. The fourth-order valence-corrected chi connectivity index (χ4v) is 3.79. The lowest BCUT2D eigenvalue weighted by Crippen LogP contribution is -2.45. The van der Waals surface area contributed by atoms with Gasteiger partial charge >= 0.3 is 0 Å². The van der Waals surface area contributed by atoms with Gasteiger partial charge in [-0.15, -0.1) is 0 Å². The highest BCUT2D eigenvalue weighted by molar-refractivity contribution is 6.32. The zero-order valence-corrected chi connectivity index (χ0v) is 18.4. The minimum Gasteiger partial charge on any atom is -0.357 e. The van der Waals surface area contributed by atoms with Gasteiger partial charge in [-0.2, -0.15) is 5.10 Å². The summed E-state index contributed by atoms with van der Waals surface area (Å²) in [6, 6.07) is 4.21. The number of halogens is 1. The molecule has 8 nitrogen and oxygen atoms in total. The summed E-state index contributed by atoms with van der Waals surface area (Å²) >= 11 is 6.31. The molecule has 158 valence electrons. The van der Waals surface area contributed by atoms with Gasteiger partial charge < -0.3 is 20.4 Å². The first-order valence-electron chi connectivity index (χ1n) is 10.0. The fraction of sp³-hybridized carbons (Fsp3) is 0.550. The summed E-state index contributed by atoms with van der Waals surface area (Å²) in [5.41, 5.74) is 1.16. The summed E-state index contributed by atoms with van der Waals surface area (Å²) < 4.78 is 1.83. The summed E-state index contributed by atoms with van der Waals surface area (Å²) in [6.45, 7) is 5.31. The SMILES string of the molecule is CCNC(=NCC(c1cnn(C)c1)N(C)C)NC1CCN(c2ncccc2Cl)C1. The van der Waals surface area contributed by atoms with Crippen molar-refractivity contribution in [1.29, 1.82) is 0 Å². The van der Waals surface area contributed by atoms with Crippen molar-refractivity contribution in [2.24, 2.45) is 12.0 Å². The molecule has 9 heteroatoms. The Morgan fingerprint density at radius 1 is 1.45 bits per heavy atom. The number of rotatable bonds is 7. The van der Waals surface area contributed by atoms with E-state index in [2.05, 4.69) is 51.5 Å². The minimum absolute atomic E-state index is 0.173. The zero-order chi connectivity index (χ0) is 20.8. The van der Waals surface area contributed by atoms with Gasteiger partial charge in [0, 0.05) is 50.7 Å². The Labute approximate surface area is 178 Å². The number of anilines is 1. The predicted molar refractivity (Wildman–Crippen MR) is 119 cm³/mol. The molecule has 2 atom stereocenters. The Balaban J connectivity index is 1.64. The van der Waals surface area contributed by atoms with E-state index in [1.165, 1.54) is 0 Å². The summed E-state index contributed by atoms with van der Waals surface area (Å²) in [6.07, 6.45) is 6.75. The smallest absolute Gasteiger partial charge is 0.191 e. The van der Waals surface area contributed by atoms with E-state index in [1.54, 1.807) is 6.20 Å². The highest BCUT2D eigenvalue weighted by atomic mass is 35.5. The first-order chi connectivity index (χ1) is 14.0. The van der Waals surface area contributed by atoms with Crippen molar-refractivity contribution in [2.75, 3.05) is 45.2 Å². The van der Waals surface area contributed by atoms with Crippen LogP contribution in [-0.4, -0.2) is 71.9 Å². The Bertz CT molecular complexity index is 818. The van der Waals surface area contributed by atoms with Crippen LogP contribution in [0.25, 0.3) is 0 Å². The number of nitrogens with one attached hydrogen (secondary N) is 2. The van der Waals surface area contributed by atoms with Crippen LogP contribution in [0.1, 0.15) is 24.9 Å². The number of guanidine groups is 1. The number of likely N-dealkylation sites (N-methyl/N-ethyl adjacent to an activating group) is 1. The molecule has 3 rings (SSSR count). The van der Waals surface area contributed by atoms with Crippen LogP contribution in [0.15, 0.2) is 35.7 Å². The van der Waals surface area contributed by atoms with Crippen molar-refractivity contribution in [3.8, 4) is 0 Å². The van der Waals surface area contributed by atoms with Crippen LogP contribution in [0.2, 0.25) is 5.02 Å². The van der Waals surface area contributed by atoms with Crippen LogP contribution in [0.5, 0.6) is 0 Å². The van der Waals surface area contributed by atoms with E-state index in [0.29, 0.717) is 17.6 Å². The number of hydrogen-bond acceptors (Lipinski definition) is 5. The number of nitrogens with zero attached hydrogens (tertiary/aromatic N) is 6. The molecule has 1 fully saturated rings. The molecule has 2 aromatic rings. The molecule has 29 heavy (non-hydrogen) atoms. The monoisotopic (exact) mass is 418 g/mol. The van der Waals surface area contributed by atoms with Crippen molar-refractivity contribution in [2.45, 2.75) is 25.4 Å². The lowest BCUT2D eigenvalue weighted by molar-refractivity contribution is 0.306. The Kier molecular flexibility index (Phi) is 7.33. The Morgan fingerprint density at radius 3 is 2.93 bits per heavy atom. The second kappa shape index (κ2) is 9.93. The molecule has 0 saturated carbocycles. The van der Waals surface area contributed by atoms with Gasteiger partial charge in [-0.25, -0.2) is 4.98 Å². The largest absolute Gasteiger partial charge is 0.357 e. The van der Waals surface area contributed by atoms with Crippen molar-refractivity contribution >= 4 is 23.4 Å². The van der Waals surface area contributed by atoms with Crippen LogP contribution < -0.4 is 15.5 Å². The number of aromatic nitrogens is 3. The van der Waals surface area contributed by atoms with Gasteiger partial charge in [-0.3, -0.25) is 9.67 Å². The number of aliphatic imine (C=N–C) groups is 1. The lowest BCUT2D eigenvalue weighted by atomic mass is 10.1. The fourth-order valence-electron chi connectivity index (χ4n) is 3.55. The third kappa shape index (κ3) is 5.61. The second-order valence-electron chi connectivity index (χ2n) is 7.53. The molecule has 0 aromatic carbocycles. The summed E-state index contributed by atoms with van der Waals surface area (Å²) in [5.74, 6) is 1.69.